The third kappa shape index (κ3) is 9.16. The Labute approximate surface area is 117 Å². The zero-order chi connectivity index (χ0) is 13.1. The Kier molecular flexibility index (Phi) is 12.0. The molecule has 3 atom stereocenters. The summed E-state index contributed by atoms with van der Waals surface area (Å²) in [7, 11) is 3.93. The number of thiol groups is 2. The standard InChI is InChI=1S/C11H28N4S2/c1-9(14-6-10(7-16)13-3)4-15-11(8-17)5-12-2/h9-17H,4-8H2,1-3H3/t9-,10+,11+/m0/s1. The zero-order valence-electron chi connectivity index (χ0n) is 11.2. The fourth-order valence-corrected chi connectivity index (χ4v) is 2.03. The van der Waals surface area contributed by atoms with Crippen LogP contribution in [0.5, 0.6) is 0 Å². The van der Waals surface area contributed by atoms with Gasteiger partial charge in [0, 0.05) is 49.3 Å². The van der Waals surface area contributed by atoms with Crippen LogP contribution in [0.1, 0.15) is 6.92 Å². The number of rotatable bonds is 11. The van der Waals surface area contributed by atoms with Crippen LogP contribution in [0.25, 0.3) is 0 Å². The quantitative estimate of drug-likeness (QED) is 0.291. The Morgan fingerprint density at radius 2 is 1.53 bits per heavy atom. The molecule has 0 aromatic carbocycles. The molecule has 0 unspecified atom stereocenters. The lowest BCUT2D eigenvalue weighted by Crippen LogP contribution is -2.48. The first-order valence-corrected chi connectivity index (χ1v) is 7.44. The average molecular weight is 281 g/mol. The number of hydrogen-bond acceptors (Lipinski definition) is 6. The molecule has 0 aliphatic rings. The Balaban J connectivity index is 3.66. The third-order valence-corrected chi connectivity index (χ3v) is 3.61. The van der Waals surface area contributed by atoms with Crippen LogP contribution >= 0.6 is 25.3 Å². The summed E-state index contributed by atoms with van der Waals surface area (Å²) in [5, 5.41) is 13.4. The SMILES string of the molecule is CNC[C@H](CS)NC[C@H](C)NC[C@H](CS)NC. The van der Waals surface area contributed by atoms with Crippen LogP contribution in [-0.2, 0) is 0 Å². The van der Waals surface area contributed by atoms with Gasteiger partial charge in [-0.1, -0.05) is 0 Å². The predicted molar refractivity (Wildman–Crippen MR) is 83.7 cm³/mol. The van der Waals surface area contributed by atoms with Crippen molar-refractivity contribution < 1.29 is 0 Å². The second-order valence-corrected chi connectivity index (χ2v) is 5.05. The molecule has 0 radical (unpaired) electrons. The second-order valence-electron chi connectivity index (χ2n) is 4.32. The summed E-state index contributed by atoms with van der Waals surface area (Å²) in [6.07, 6.45) is 0. The highest BCUT2D eigenvalue weighted by molar-refractivity contribution is 7.80. The molecule has 17 heavy (non-hydrogen) atoms. The van der Waals surface area contributed by atoms with Crippen LogP contribution < -0.4 is 21.3 Å². The minimum Gasteiger partial charge on any atom is -0.318 e. The Bertz CT molecular complexity index is 168. The van der Waals surface area contributed by atoms with Crippen molar-refractivity contribution in [2.24, 2.45) is 0 Å². The van der Waals surface area contributed by atoms with Crippen molar-refractivity contribution in [2.45, 2.75) is 25.0 Å². The van der Waals surface area contributed by atoms with Gasteiger partial charge in [0.1, 0.15) is 0 Å². The van der Waals surface area contributed by atoms with Gasteiger partial charge in [-0.25, -0.2) is 0 Å². The van der Waals surface area contributed by atoms with Crippen molar-refractivity contribution in [2.75, 3.05) is 45.2 Å². The summed E-state index contributed by atoms with van der Waals surface area (Å²) in [6.45, 7) is 5.04. The molecule has 0 amide bonds. The molecule has 0 saturated carbocycles. The molecule has 0 heterocycles. The molecule has 0 aromatic heterocycles. The van der Waals surface area contributed by atoms with E-state index < -0.39 is 0 Å². The third-order valence-electron chi connectivity index (χ3n) is 2.72. The smallest absolute Gasteiger partial charge is 0.0281 e. The van der Waals surface area contributed by atoms with Crippen LogP contribution in [0, 0.1) is 0 Å². The van der Waals surface area contributed by atoms with E-state index in [9.17, 15) is 0 Å². The summed E-state index contributed by atoms with van der Waals surface area (Å²) in [5.74, 6) is 1.70. The van der Waals surface area contributed by atoms with Gasteiger partial charge in [0.15, 0.2) is 0 Å². The van der Waals surface area contributed by atoms with E-state index in [0.717, 1.165) is 31.1 Å². The maximum Gasteiger partial charge on any atom is 0.0281 e. The van der Waals surface area contributed by atoms with E-state index in [4.69, 9.17) is 0 Å². The van der Waals surface area contributed by atoms with Crippen molar-refractivity contribution in [1.29, 1.82) is 0 Å². The predicted octanol–water partition coefficient (Wildman–Crippen LogP) is -0.410. The van der Waals surface area contributed by atoms with Gasteiger partial charge in [0.25, 0.3) is 0 Å². The molecule has 0 fully saturated rings. The topological polar surface area (TPSA) is 48.1 Å². The first-order valence-electron chi connectivity index (χ1n) is 6.18. The lowest BCUT2D eigenvalue weighted by Gasteiger charge is -2.22. The summed E-state index contributed by atoms with van der Waals surface area (Å²) < 4.78 is 0. The van der Waals surface area contributed by atoms with Crippen LogP contribution in [0.2, 0.25) is 0 Å². The lowest BCUT2D eigenvalue weighted by atomic mass is 10.2. The molecular formula is C11H28N4S2. The highest BCUT2D eigenvalue weighted by Crippen LogP contribution is 1.90. The second kappa shape index (κ2) is 11.6. The fraction of sp³-hybridized carbons (Fsp3) is 1.00. The van der Waals surface area contributed by atoms with Gasteiger partial charge in [0.2, 0.25) is 0 Å². The van der Waals surface area contributed by atoms with Gasteiger partial charge in [-0.3, -0.25) is 0 Å². The van der Waals surface area contributed by atoms with Crippen LogP contribution in [-0.4, -0.2) is 63.4 Å². The maximum absolute atomic E-state index is 4.32. The van der Waals surface area contributed by atoms with Crippen molar-refractivity contribution in [3.63, 3.8) is 0 Å². The van der Waals surface area contributed by atoms with E-state index in [0.29, 0.717) is 18.1 Å². The first-order chi connectivity index (χ1) is 8.17. The van der Waals surface area contributed by atoms with Crippen LogP contribution in [0.15, 0.2) is 0 Å². The number of hydrogen-bond donors (Lipinski definition) is 6. The van der Waals surface area contributed by atoms with Gasteiger partial charge in [-0.2, -0.15) is 25.3 Å². The van der Waals surface area contributed by atoms with E-state index >= 15 is 0 Å². The van der Waals surface area contributed by atoms with Gasteiger partial charge in [0.05, 0.1) is 0 Å². The van der Waals surface area contributed by atoms with Gasteiger partial charge < -0.3 is 21.3 Å². The van der Waals surface area contributed by atoms with E-state index in [1.807, 2.05) is 14.1 Å². The molecule has 0 aliphatic carbocycles. The number of nitrogens with one attached hydrogen (secondary N) is 4. The number of likely N-dealkylation sites (N-methyl/N-ethyl adjacent to an activating group) is 2. The molecule has 4 nitrogen and oxygen atoms in total. The first kappa shape index (κ1) is 17.5. The van der Waals surface area contributed by atoms with Crippen LogP contribution in [0.3, 0.4) is 0 Å². The molecule has 0 saturated heterocycles. The maximum atomic E-state index is 4.32. The van der Waals surface area contributed by atoms with Gasteiger partial charge >= 0.3 is 0 Å². The largest absolute Gasteiger partial charge is 0.318 e. The molecule has 6 heteroatoms. The Morgan fingerprint density at radius 1 is 0.882 bits per heavy atom. The summed E-state index contributed by atoms with van der Waals surface area (Å²) in [4.78, 5) is 0. The molecule has 0 spiro atoms. The fourth-order valence-electron chi connectivity index (χ4n) is 1.46. The van der Waals surface area contributed by atoms with E-state index in [1.165, 1.54) is 0 Å². The summed E-state index contributed by atoms with van der Waals surface area (Å²) >= 11 is 8.61. The minimum absolute atomic E-state index is 0.428. The Hall–Kier alpha value is 0.540. The molecule has 0 aliphatic heterocycles. The molecule has 104 valence electrons. The normalized spacial score (nSPS) is 16.8. The summed E-state index contributed by atoms with van der Waals surface area (Å²) in [5.41, 5.74) is 0. The molecule has 0 bridgehead atoms. The van der Waals surface area contributed by atoms with Crippen molar-refractivity contribution in [3.05, 3.63) is 0 Å². The van der Waals surface area contributed by atoms with E-state index in [2.05, 4.69) is 53.4 Å². The molecule has 0 aromatic rings. The highest BCUT2D eigenvalue weighted by atomic mass is 32.1. The van der Waals surface area contributed by atoms with Gasteiger partial charge in [-0.05, 0) is 21.0 Å². The van der Waals surface area contributed by atoms with Crippen LogP contribution in [0.4, 0.5) is 0 Å². The van der Waals surface area contributed by atoms with Crippen molar-refractivity contribution in [1.82, 2.24) is 21.3 Å². The monoisotopic (exact) mass is 280 g/mol. The van der Waals surface area contributed by atoms with E-state index in [-0.39, 0.29) is 0 Å². The summed E-state index contributed by atoms with van der Waals surface area (Å²) in [6, 6.07) is 1.31. The van der Waals surface area contributed by atoms with Gasteiger partial charge in [-0.15, -0.1) is 0 Å². The Morgan fingerprint density at radius 3 is 2.00 bits per heavy atom. The molecule has 4 N–H and O–H groups in total. The molecule has 0 rings (SSSR count). The molecular weight excluding hydrogens is 252 g/mol. The van der Waals surface area contributed by atoms with Crippen molar-refractivity contribution in [3.8, 4) is 0 Å². The minimum atomic E-state index is 0.428. The lowest BCUT2D eigenvalue weighted by molar-refractivity contribution is 0.436. The zero-order valence-corrected chi connectivity index (χ0v) is 13.0. The van der Waals surface area contributed by atoms with Crippen molar-refractivity contribution >= 4 is 25.3 Å². The average Bonchev–Trinajstić information content (AvgIpc) is 2.35. The highest BCUT2D eigenvalue weighted by Gasteiger charge is 2.09. The van der Waals surface area contributed by atoms with E-state index in [1.54, 1.807) is 0 Å².